The molecule has 0 bridgehead atoms. The summed E-state index contributed by atoms with van der Waals surface area (Å²) in [4.78, 5) is 28.3. The highest BCUT2D eigenvalue weighted by Gasteiger charge is 2.48. The molecule has 2 saturated heterocycles. The number of aliphatic carboxylic acids is 1. The second-order valence-electron chi connectivity index (χ2n) is 7.06. The third kappa shape index (κ3) is 2.40. The number of carbonyl (C=O) groups excluding carboxylic acids is 1. The minimum absolute atomic E-state index is 0.0333. The van der Waals surface area contributed by atoms with Crippen molar-refractivity contribution in [2.45, 2.75) is 69.9 Å². The third-order valence-corrected chi connectivity index (χ3v) is 5.84. The quantitative estimate of drug-likeness (QED) is 0.809. The van der Waals surface area contributed by atoms with Crippen molar-refractivity contribution in [2.24, 2.45) is 5.92 Å². The van der Waals surface area contributed by atoms with Crippen LogP contribution in [0.25, 0.3) is 0 Å². The number of fused-ring (bicyclic) bond motifs is 1. The van der Waals surface area contributed by atoms with Crippen molar-refractivity contribution in [1.29, 1.82) is 0 Å². The van der Waals surface area contributed by atoms with Gasteiger partial charge in [-0.3, -0.25) is 0 Å². The van der Waals surface area contributed by atoms with E-state index in [1.54, 1.807) is 11.8 Å². The SMILES string of the molecule is CC1(C(=O)O)CCCCN1C(=O)N1CCC2CCCCC21. The highest BCUT2D eigenvalue weighted by Crippen LogP contribution is 2.38. The van der Waals surface area contributed by atoms with Crippen LogP contribution < -0.4 is 0 Å². The van der Waals surface area contributed by atoms with Gasteiger partial charge < -0.3 is 14.9 Å². The Bertz CT molecular complexity index is 439. The summed E-state index contributed by atoms with van der Waals surface area (Å²) in [5.41, 5.74) is -1.03. The molecule has 1 saturated carbocycles. The smallest absolute Gasteiger partial charge is 0.329 e. The summed E-state index contributed by atoms with van der Waals surface area (Å²) in [5, 5.41) is 9.58. The Kier molecular flexibility index (Phi) is 3.84. The summed E-state index contributed by atoms with van der Waals surface area (Å²) >= 11 is 0. The van der Waals surface area contributed by atoms with Crippen molar-refractivity contribution < 1.29 is 14.7 Å². The molecule has 21 heavy (non-hydrogen) atoms. The second-order valence-corrected chi connectivity index (χ2v) is 7.06. The number of hydrogen-bond acceptors (Lipinski definition) is 2. The normalized spacial score (nSPS) is 36.4. The van der Waals surface area contributed by atoms with Crippen molar-refractivity contribution in [3.05, 3.63) is 0 Å². The molecule has 3 unspecified atom stereocenters. The van der Waals surface area contributed by atoms with Crippen LogP contribution in [0.1, 0.15) is 58.3 Å². The van der Waals surface area contributed by atoms with E-state index in [2.05, 4.69) is 0 Å². The Balaban J connectivity index is 1.78. The van der Waals surface area contributed by atoms with E-state index in [1.165, 1.54) is 19.3 Å². The maximum absolute atomic E-state index is 13.0. The summed E-state index contributed by atoms with van der Waals surface area (Å²) in [6.07, 6.45) is 8.25. The summed E-state index contributed by atoms with van der Waals surface area (Å²) in [7, 11) is 0. The maximum Gasteiger partial charge on any atom is 0.329 e. The van der Waals surface area contributed by atoms with Gasteiger partial charge in [-0.05, 0) is 51.4 Å². The van der Waals surface area contributed by atoms with E-state index >= 15 is 0 Å². The van der Waals surface area contributed by atoms with E-state index in [0.29, 0.717) is 24.9 Å². The summed E-state index contributed by atoms with van der Waals surface area (Å²) in [6, 6.07) is 0.320. The van der Waals surface area contributed by atoms with Gasteiger partial charge in [0.2, 0.25) is 0 Å². The molecule has 2 amide bonds. The lowest BCUT2D eigenvalue weighted by Gasteiger charge is -2.44. The van der Waals surface area contributed by atoms with Gasteiger partial charge in [0.25, 0.3) is 0 Å². The van der Waals surface area contributed by atoms with Crippen LogP contribution >= 0.6 is 0 Å². The first-order chi connectivity index (χ1) is 10.0. The first kappa shape index (κ1) is 14.7. The number of piperidine rings is 1. The van der Waals surface area contributed by atoms with Gasteiger partial charge in [-0.2, -0.15) is 0 Å². The molecule has 3 fully saturated rings. The molecule has 0 aromatic rings. The number of carbonyl (C=O) groups is 2. The molecule has 3 rings (SSSR count). The topological polar surface area (TPSA) is 60.9 Å². The van der Waals surface area contributed by atoms with Crippen LogP contribution in [-0.4, -0.2) is 51.6 Å². The molecule has 118 valence electrons. The Labute approximate surface area is 126 Å². The number of likely N-dealkylation sites (tertiary alicyclic amines) is 2. The van der Waals surface area contributed by atoms with Crippen molar-refractivity contribution in [3.63, 3.8) is 0 Å². The van der Waals surface area contributed by atoms with Gasteiger partial charge in [0, 0.05) is 19.1 Å². The molecule has 3 atom stereocenters. The van der Waals surface area contributed by atoms with Crippen LogP contribution in [-0.2, 0) is 4.79 Å². The number of hydrogen-bond donors (Lipinski definition) is 1. The molecule has 0 aromatic carbocycles. The zero-order valence-electron chi connectivity index (χ0n) is 12.9. The van der Waals surface area contributed by atoms with Crippen LogP contribution in [0.2, 0.25) is 0 Å². The molecule has 0 spiro atoms. The average molecular weight is 294 g/mol. The molecule has 2 aliphatic heterocycles. The first-order valence-corrected chi connectivity index (χ1v) is 8.35. The van der Waals surface area contributed by atoms with Crippen LogP contribution in [0, 0.1) is 5.92 Å². The van der Waals surface area contributed by atoms with E-state index in [9.17, 15) is 14.7 Å². The molecule has 1 N–H and O–H groups in total. The standard InChI is InChI=1S/C16H26N2O3/c1-16(14(19)20)9-4-5-10-18(16)15(21)17-11-8-12-6-2-3-7-13(12)17/h12-13H,2-11H2,1H3,(H,19,20). The van der Waals surface area contributed by atoms with Gasteiger partial charge in [-0.1, -0.05) is 12.8 Å². The minimum atomic E-state index is -1.03. The van der Waals surface area contributed by atoms with E-state index < -0.39 is 11.5 Å². The lowest BCUT2D eigenvalue weighted by molar-refractivity contribution is -0.150. The van der Waals surface area contributed by atoms with Crippen LogP contribution in [0.15, 0.2) is 0 Å². The molecular weight excluding hydrogens is 268 g/mol. The molecule has 0 radical (unpaired) electrons. The molecule has 3 aliphatic rings. The Hall–Kier alpha value is -1.26. The predicted molar refractivity (Wildman–Crippen MR) is 79.1 cm³/mol. The van der Waals surface area contributed by atoms with Crippen LogP contribution in [0.3, 0.4) is 0 Å². The van der Waals surface area contributed by atoms with Crippen molar-refractivity contribution in [2.75, 3.05) is 13.1 Å². The van der Waals surface area contributed by atoms with Gasteiger partial charge in [0.1, 0.15) is 5.54 Å². The van der Waals surface area contributed by atoms with Gasteiger partial charge in [-0.15, -0.1) is 0 Å². The minimum Gasteiger partial charge on any atom is -0.480 e. The fraction of sp³-hybridized carbons (Fsp3) is 0.875. The van der Waals surface area contributed by atoms with Gasteiger partial charge in [0.15, 0.2) is 0 Å². The zero-order chi connectivity index (χ0) is 15.0. The zero-order valence-corrected chi connectivity index (χ0v) is 12.9. The van der Waals surface area contributed by atoms with Crippen LogP contribution in [0.5, 0.6) is 0 Å². The Morgan fingerprint density at radius 3 is 2.57 bits per heavy atom. The van der Waals surface area contributed by atoms with Gasteiger partial charge in [-0.25, -0.2) is 9.59 Å². The van der Waals surface area contributed by atoms with E-state index in [-0.39, 0.29) is 6.03 Å². The average Bonchev–Trinajstić information content (AvgIpc) is 2.91. The molecule has 5 nitrogen and oxygen atoms in total. The Morgan fingerprint density at radius 1 is 1.05 bits per heavy atom. The molecule has 2 heterocycles. The first-order valence-electron chi connectivity index (χ1n) is 8.35. The fourth-order valence-corrected chi connectivity index (χ4v) is 4.45. The van der Waals surface area contributed by atoms with Gasteiger partial charge >= 0.3 is 12.0 Å². The number of carboxylic acids is 1. The van der Waals surface area contributed by atoms with E-state index in [1.807, 2.05) is 4.90 Å². The maximum atomic E-state index is 13.0. The van der Waals surface area contributed by atoms with Gasteiger partial charge in [0.05, 0.1) is 0 Å². The summed E-state index contributed by atoms with van der Waals surface area (Å²) in [6.45, 7) is 3.09. The lowest BCUT2D eigenvalue weighted by atomic mass is 9.85. The third-order valence-electron chi connectivity index (χ3n) is 5.84. The summed E-state index contributed by atoms with van der Waals surface area (Å²) < 4.78 is 0. The monoisotopic (exact) mass is 294 g/mol. The molecular formula is C16H26N2O3. The highest BCUT2D eigenvalue weighted by atomic mass is 16.4. The second kappa shape index (κ2) is 5.50. The molecule has 0 aromatic heterocycles. The van der Waals surface area contributed by atoms with E-state index in [0.717, 1.165) is 32.2 Å². The highest BCUT2D eigenvalue weighted by molar-refractivity contribution is 5.86. The fourth-order valence-electron chi connectivity index (χ4n) is 4.45. The molecule has 5 heteroatoms. The van der Waals surface area contributed by atoms with Crippen molar-refractivity contribution in [1.82, 2.24) is 9.80 Å². The number of urea groups is 1. The number of nitrogens with zero attached hydrogens (tertiary/aromatic N) is 2. The van der Waals surface area contributed by atoms with Crippen LogP contribution in [0.4, 0.5) is 4.79 Å². The van der Waals surface area contributed by atoms with E-state index in [4.69, 9.17) is 0 Å². The number of carboxylic acid groups (broad SMARTS) is 1. The van der Waals surface area contributed by atoms with Crippen molar-refractivity contribution in [3.8, 4) is 0 Å². The largest absolute Gasteiger partial charge is 0.480 e. The number of rotatable bonds is 1. The number of amides is 2. The summed E-state index contributed by atoms with van der Waals surface area (Å²) in [5.74, 6) is -0.224. The predicted octanol–water partition coefficient (Wildman–Crippen LogP) is 2.70. The molecule has 1 aliphatic carbocycles. The lowest BCUT2D eigenvalue weighted by Crippen LogP contribution is -2.61. The Morgan fingerprint density at radius 2 is 1.81 bits per heavy atom. The van der Waals surface area contributed by atoms with Crippen molar-refractivity contribution >= 4 is 12.0 Å².